The number of benzene rings is 1. The van der Waals surface area contributed by atoms with Crippen LogP contribution in [0.3, 0.4) is 0 Å². The molecule has 0 bridgehead atoms. The van der Waals surface area contributed by atoms with Gasteiger partial charge in [0.05, 0.1) is 0 Å². The molecule has 1 aromatic carbocycles. The molecule has 0 radical (unpaired) electrons. The van der Waals surface area contributed by atoms with Crippen LogP contribution in [0.1, 0.15) is 58.3 Å². The summed E-state index contributed by atoms with van der Waals surface area (Å²) in [5, 5.41) is 0. The van der Waals surface area contributed by atoms with Crippen LogP contribution in [0.25, 0.3) is 0 Å². The fraction of sp³-hybridized carbons (Fsp3) is 0.625. The molecule has 0 spiro atoms. The van der Waals surface area contributed by atoms with E-state index in [1.807, 2.05) is 30.3 Å². The third kappa shape index (κ3) is 13.2. The van der Waals surface area contributed by atoms with Crippen LogP contribution >= 0.6 is 0 Å². The van der Waals surface area contributed by atoms with E-state index in [1.54, 1.807) is 0 Å². The maximum Gasteiger partial charge on any atom is 0.0485 e. The van der Waals surface area contributed by atoms with Crippen LogP contribution in [0.4, 0.5) is 5.69 Å². The molecule has 0 aliphatic carbocycles. The van der Waals surface area contributed by atoms with E-state index in [4.69, 9.17) is 11.6 Å². The summed E-state index contributed by atoms with van der Waals surface area (Å²) >= 11 is 0. The zero-order valence-electron chi connectivity index (χ0n) is 12.4. The summed E-state index contributed by atoms with van der Waals surface area (Å²) in [5.74, 6) is 5.10. The average molecular weight is 265 g/mol. The van der Waals surface area contributed by atoms with Crippen molar-refractivity contribution in [3.05, 3.63) is 30.3 Å². The Bertz CT molecular complexity index is 254. The van der Waals surface area contributed by atoms with E-state index in [9.17, 15) is 0 Å². The second-order valence-electron chi connectivity index (χ2n) is 4.77. The molecule has 0 fully saturated rings. The van der Waals surface area contributed by atoms with Crippen LogP contribution in [-0.4, -0.2) is 6.54 Å². The Labute approximate surface area is 118 Å². The lowest BCUT2D eigenvalue weighted by molar-refractivity contribution is 0.578. The van der Waals surface area contributed by atoms with Crippen molar-refractivity contribution in [1.82, 2.24) is 0 Å². The van der Waals surface area contributed by atoms with E-state index in [0.717, 1.165) is 12.2 Å². The van der Waals surface area contributed by atoms with Crippen LogP contribution in [0.5, 0.6) is 0 Å². The van der Waals surface area contributed by atoms with E-state index in [-0.39, 0.29) is 0 Å². The second-order valence-corrected chi connectivity index (χ2v) is 4.77. The number of nitrogens with two attached hydrogens (primary N) is 2. The fourth-order valence-electron chi connectivity index (χ4n) is 1.81. The molecule has 0 aliphatic rings. The van der Waals surface area contributed by atoms with Gasteiger partial charge in [-0.25, -0.2) is 0 Å². The molecule has 0 saturated heterocycles. The first-order valence-corrected chi connectivity index (χ1v) is 7.56. The molecular formula is C16H31N3. The third-order valence-corrected chi connectivity index (χ3v) is 3.00. The number of para-hydroxylation sites is 1. The summed E-state index contributed by atoms with van der Waals surface area (Å²) in [5.41, 5.74) is 8.86. The van der Waals surface area contributed by atoms with Gasteiger partial charge in [-0.2, -0.15) is 0 Å². The summed E-state index contributed by atoms with van der Waals surface area (Å²) in [6.07, 6.45) is 11.0. The monoisotopic (exact) mass is 265 g/mol. The van der Waals surface area contributed by atoms with E-state index in [1.165, 1.54) is 51.4 Å². The molecule has 0 atom stereocenters. The maximum absolute atomic E-state index is 5.39. The first-order chi connectivity index (χ1) is 9.35. The van der Waals surface area contributed by atoms with Crippen molar-refractivity contribution in [1.29, 1.82) is 0 Å². The van der Waals surface area contributed by atoms with Crippen LogP contribution in [0, 0.1) is 0 Å². The zero-order chi connectivity index (χ0) is 14.2. The number of hydrogen-bond acceptors (Lipinski definition) is 3. The molecule has 0 heterocycles. The van der Waals surface area contributed by atoms with Gasteiger partial charge in [0, 0.05) is 5.69 Å². The van der Waals surface area contributed by atoms with Gasteiger partial charge in [-0.1, -0.05) is 70.1 Å². The topological polar surface area (TPSA) is 64.1 Å². The molecule has 110 valence electrons. The smallest absolute Gasteiger partial charge is 0.0485 e. The Hall–Kier alpha value is -1.06. The Balaban J connectivity index is 0.000000356. The molecule has 0 unspecified atom stereocenters. The van der Waals surface area contributed by atoms with Crippen LogP contribution in [0.2, 0.25) is 0 Å². The van der Waals surface area contributed by atoms with E-state index in [2.05, 4.69) is 12.3 Å². The third-order valence-electron chi connectivity index (χ3n) is 3.00. The lowest BCUT2D eigenvalue weighted by Crippen LogP contribution is -2.05. The zero-order valence-corrected chi connectivity index (χ0v) is 12.4. The first-order valence-electron chi connectivity index (χ1n) is 7.56. The van der Waals surface area contributed by atoms with Gasteiger partial charge in [0.1, 0.15) is 0 Å². The van der Waals surface area contributed by atoms with Crippen LogP contribution in [0.15, 0.2) is 30.3 Å². The highest BCUT2D eigenvalue weighted by Gasteiger charge is 1.89. The van der Waals surface area contributed by atoms with Gasteiger partial charge < -0.3 is 11.2 Å². The quantitative estimate of drug-likeness (QED) is 0.358. The summed E-state index contributed by atoms with van der Waals surface area (Å²) in [6, 6.07) is 9.60. The molecule has 0 aromatic heterocycles. The van der Waals surface area contributed by atoms with Crippen molar-refractivity contribution in [3.63, 3.8) is 0 Å². The van der Waals surface area contributed by atoms with Gasteiger partial charge in [-0.15, -0.1) is 0 Å². The number of unbranched alkanes of at least 4 members (excludes halogenated alkanes) is 7. The van der Waals surface area contributed by atoms with Gasteiger partial charge in [-0.3, -0.25) is 5.84 Å². The molecule has 3 heteroatoms. The minimum absolute atomic E-state index is 0.870. The molecule has 0 aliphatic heterocycles. The number of rotatable bonds is 9. The minimum atomic E-state index is 0.870. The summed E-state index contributed by atoms with van der Waals surface area (Å²) < 4.78 is 0. The Morgan fingerprint density at radius 2 is 1.37 bits per heavy atom. The molecule has 1 aromatic rings. The predicted octanol–water partition coefficient (Wildman–Crippen LogP) is 4.06. The normalized spacial score (nSPS) is 9.63. The molecule has 3 nitrogen and oxygen atoms in total. The highest BCUT2D eigenvalue weighted by molar-refractivity contribution is 5.40. The lowest BCUT2D eigenvalue weighted by atomic mass is 10.1. The van der Waals surface area contributed by atoms with Gasteiger partial charge in [0.15, 0.2) is 0 Å². The minimum Gasteiger partial charge on any atom is -0.330 e. The lowest BCUT2D eigenvalue weighted by Gasteiger charge is -1.99. The first kappa shape index (κ1) is 17.9. The maximum atomic E-state index is 5.39. The van der Waals surface area contributed by atoms with E-state index >= 15 is 0 Å². The largest absolute Gasteiger partial charge is 0.330 e. The Kier molecular flexibility index (Phi) is 14.2. The molecule has 19 heavy (non-hydrogen) atoms. The van der Waals surface area contributed by atoms with Gasteiger partial charge in [0.25, 0.3) is 0 Å². The average Bonchev–Trinajstić information content (AvgIpc) is 2.48. The van der Waals surface area contributed by atoms with Crippen LogP contribution < -0.4 is 17.0 Å². The van der Waals surface area contributed by atoms with Gasteiger partial charge in [0.2, 0.25) is 0 Å². The van der Waals surface area contributed by atoms with E-state index < -0.39 is 0 Å². The molecule has 0 saturated carbocycles. The number of anilines is 1. The van der Waals surface area contributed by atoms with Crippen LogP contribution in [-0.2, 0) is 0 Å². The Morgan fingerprint density at radius 3 is 1.79 bits per heavy atom. The molecular weight excluding hydrogens is 234 g/mol. The Morgan fingerprint density at radius 1 is 0.842 bits per heavy atom. The number of nitrogen functional groups attached to an aromatic ring is 1. The molecule has 0 amide bonds. The summed E-state index contributed by atoms with van der Waals surface area (Å²) in [6.45, 7) is 3.13. The fourth-order valence-corrected chi connectivity index (χ4v) is 1.81. The SMILES string of the molecule is CCCCCCCCCCN.NNc1ccccc1. The molecule has 1 rings (SSSR count). The number of hydrazine groups is 1. The predicted molar refractivity (Wildman–Crippen MR) is 85.9 cm³/mol. The summed E-state index contributed by atoms with van der Waals surface area (Å²) in [7, 11) is 0. The molecule has 5 N–H and O–H groups in total. The van der Waals surface area contributed by atoms with Crippen molar-refractivity contribution in [3.8, 4) is 0 Å². The van der Waals surface area contributed by atoms with Crippen molar-refractivity contribution in [2.24, 2.45) is 11.6 Å². The van der Waals surface area contributed by atoms with Crippen molar-refractivity contribution < 1.29 is 0 Å². The standard InChI is InChI=1S/C10H23N.C6H8N2/c1-2-3-4-5-6-7-8-9-10-11;7-8-6-4-2-1-3-5-6/h2-11H2,1H3;1-5,8H,7H2. The highest BCUT2D eigenvalue weighted by Crippen LogP contribution is 2.07. The second kappa shape index (κ2) is 15.0. The highest BCUT2D eigenvalue weighted by atomic mass is 15.2. The van der Waals surface area contributed by atoms with Crippen molar-refractivity contribution in [2.45, 2.75) is 58.3 Å². The van der Waals surface area contributed by atoms with E-state index in [0.29, 0.717) is 0 Å². The number of nitrogens with one attached hydrogen (secondary N) is 1. The van der Waals surface area contributed by atoms with Gasteiger partial charge in [-0.05, 0) is 25.1 Å². The van der Waals surface area contributed by atoms with Crippen molar-refractivity contribution in [2.75, 3.05) is 12.0 Å². The van der Waals surface area contributed by atoms with Gasteiger partial charge >= 0.3 is 0 Å². The summed E-state index contributed by atoms with van der Waals surface area (Å²) in [4.78, 5) is 0. The number of hydrogen-bond donors (Lipinski definition) is 3. The van der Waals surface area contributed by atoms with Crippen molar-refractivity contribution >= 4 is 5.69 Å².